The lowest BCUT2D eigenvalue weighted by atomic mass is 10.0. The van der Waals surface area contributed by atoms with Crippen LogP contribution < -0.4 is 5.32 Å². The van der Waals surface area contributed by atoms with Gasteiger partial charge < -0.3 is 5.32 Å². The third kappa shape index (κ3) is 4.60. The van der Waals surface area contributed by atoms with Crippen molar-refractivity contribution in [2.45, 2.75) is 18.9 Å². The number of rotatable bonds is 4. The molecular weight excluding hydrogens is 286 g/mol. The number of sulfone groups is 1. The molecule has 1 aliphatic rings. The van der Waals surface area contributed by atoms with Gasteiger partial charge in [0.05, 0.1) is 11.5 Å². The van der Waals surface area contributed by atoms with Gasteiger partial charge in [-0.15, -0.1) is 0 Å². The molecule has 1 aliphatic heterocycles. The van der Waals surface area contributed by atoms with Crippen molar-refractivity contribution in [3.05, 3.63) is 34.9 Å². The van der Waals surface area contributed by atoms with Gasteiger partial charge in [0.2, 0.25) is 0 Å². The normalized spacial score (nSPS) is 22.1. The zero-order valence-electron chi connectivity index (χ0n) is 10.4. The van der Waals surface area contributed by atoms with Crippen molar-refractivity contribution in [3.63, 3.8) is 0 Å². The van der Waals surface area contributed by atoms with Gasteiger partial charge in [-0.25, -0.2) is 8.42 Å². The molecule has 0 spiro atoms. The first kappa shape index (κ1) is 14.5. The number of halogens is 1. The van der Waals surface area contributed by atoms with E-state index in [9.17, 15) is 13.2 Å². The lowest BCUT2D eigenvalue weighted by molar-refractivity contribution is -0.118. The van der Waals surface area contributed by atoms with E-state index in [0.717, 1.165) is 5.56 Å². The van der Waals surface area contributed by atoms with Crippen LogP contribution in [0.4, 0.5) is 0 Å². The molecule has 6 heteroatoms. The summed E-state index contributed by atoms with van der Waals surface area (Å²) in [7, 11) is -2.99. The highest BCUT2D eigenvalue weighted by molar-refractivity contribution is 7.91. The number of hydrogen-bond donors (Lipinski definition) is 1. The fourth-order valence-corrected chi connectivity index (χ4v) is 3.88. The second-order valence-corrected chi connectivity index (χ2v) is 7.48. The van der Waals surface area contributed by atoms with Crippen LogP contribution in [0.2, 0.25) is 5.02 Å². The standard InChI is InChI=1S/C13H16ClNO3S/c14-11-3-1-2-10(6-11)7-13(16)8-12-9-19(17,18)5-4-15-12/h1-3,6,12,15H,4-5,7-9H2. The fourth-order valence-electron chi connectivity index (χ4n) is 2.22. The molecule has 1 N–H and O–H groups in total. The molecule has 2 rings (SSSR count). The van der Waals surface area contributed by atoms with Crippen molar-refractivity contribution < 1.29 is 13.2 Å². The van der Waals surface area contributed by atoms with Crippen LogP contribution >= 0.6 is 11.6 Å². The Bertz CT molecular complexity index is 571. The summed E-state index contributed by atoms with van der Waals surface area (Å²) in [6.07, 6.45) is 0.532. The first-order valence-electron chi connectivity index (χ1n) is 6.14. The van der Waals surface area contributed by atoms with Crippen LogP contribution in [0, 0.1) is 0 Å². The summed E-state index contributed by atoms with van der Waals surface area (Å²) in [6.45, 7) is 0.428. The van der Waals surface area contributed by atoms with Crippen LogP contribution in [0.5, 0.6) is 0 Å². The molecular formula is C13H16ClNO3S. The highest BCUT2D eigenvalue weighted by Crippen LogP contribution is 2.13. The van der Waals surface area contributed by atoms with E-state index in [2.05, 4.69) is 5.32 Å². The van der Waals surface area contributed by atoms with Gasteiger partial charge in [0.15, 0.2) is 9.84 Å². The molecule has 0 bridgehead atoms. The number of Topliss-reactive ketones (excluding diaryl/α,β-unsaturated/α-hetero) is 1. The lowest BCUT2D eigenvalue weighted by Gasteiger charge is -2.22. The maximum absolute atomic E-state index is 11.9. The molecule has 0 radical (unpaired) electrons. The number of nitrogens with one attached hydrogen (secondary N) is 1. The number of carbonyl (C=O) groups is 1. The van der Waals surface area contributed by atoms with E-state index in [-0.39, 0.29) is 29.8 Å². The summed E-state index contributed by atoms with van der Waals surface area (Å²) in [5, 5.41) is 3.68. The van der Waals surface area contributed by atoms with Gasteiger partial charge in [0.25, 0.3) is 0 Å². The number of benzene rings is 1. The summed E-state index contributed by atoms with van der Waals surface area (Å²) in [6, 6.07) is 6.89. The first-order valence-corrected chi connectivity index (χ1v) is 8.34. The highest BCUT2D eigenvalue weighted by atomic mass is 35.5. The van der Waals surface area contributed by atoms with Gasteiger partial charge in [-0.1, -0.05) is 23.7 Å². The largest absolute Gasteiger partial charge is 0.312 e. The van der Waals surface area contributed by atoms with E-state index in [1.54, 1.807) is 18.2 Å². The molecule has 1 fully saturated rings. The van der Waals surface area contributed by atoms with Crippen molar-refractivity contribution in [3.8, 4) is 0 Å². The third-order valence-electron chi connectivity index (χ3n) is 3.07. The van der Waals surface area contributed by atoms with Crippen LogP contribution in [0.25, 0.3) is 0 Å². The monoisotopic (exact) mass is 301 g/mol. The molecule has 1 heterocycles. The Balaban J connectivity index is 1.91. The summed E-state index contributed by atoms with van der Waals surface area (Å²) in [5.74, 6) is 0.233. The number of hydrogen-bond acceptors (Lipinski definition) is 4. The van der Waals surface area contributed by atoms with E-state index in [0.29, 0.717) is 18.0 Å². The minimum Gasteiger partial charge on any atom is -0.312 e. The first-order chi connectivity index (χ1) is 8.94. The molecule has 19 heavy (non-hydrogen) atoms. The summed E-state index contributed by atoms with van der Waals surface area (Å²) in [4.78, 5) is 11.9. The average molecular weight is 302 g/mol. The molecule has 1 aromatic carbocycles. The zero-order chi connectivity index (χ0) is 13.9. The lowest BCUT2D eigenvalue weighted by Crippen LogP contribution is -2.46. The molecule has 1 saturated heterocycles. The number of ketones is 1. The maximum Gasteiger partial charge on any atom is 0.153 e. The maximum atomic E-state index is 11.9. The van der Waals surface area contributed by atoms with Crippen molar-refractivity contribution >= 4 is 27.2 Å². The summed E-state index contributed by atoms with van der Waals surface area (Å²) < 4.78 is 23.0. The van der Waals surface area contributed by atoms with Crippen molar-refractivity contribution in [2.75, 3.05) is 18.1 Å². The molecule has 0 aliphatic carbocycles. The minimum absolute atomic E-state index is 0.0249. The molecule has 0 amide bonds. The van der Waals surface area contributed by atoms with Crippen LogP contribution in [0.15, 0.2) is 24.3 Å². The Morgan fingerprint density at radius 3 is 2.89 bits per heavy atom. The number of carbonyl (C=O) groups excluding carboxylic acids is 1. The molecule has 104 valence electrons. The van der Waals surface area contributed by atoms with E-state index in [1.807, 2.05) is 6.07 Å². The second-order valence-electron chi connectivity index (χ2n) is 4.81. The van der Waals surface area contributed by atoms with E-state index in [1.165, 1.54) is 0 Å². The summed E-state index contributed by atoms with van der Waals surface area (Å²) >= 11 is 5.85. The van der Waals surface area contributed by atoms with Crippen LogP contribution in [-0.4, -0.2) is 38.3 Å². The average Bonchev–Trinajstić information content (AvgIpc) is 2.27. The van der Waals surface area contributed by atoms with Gasteiger partial charge in [-0.3, -0.25) is 4.79 Å². The van der Waals surface area contributed by atoms with Crippen LogP contribution in [-0.2, 0) is 21.1 Å². The zero-order valence-corrected chi connectivity index (χ0v) is 12.0. The highest BCUT2D eigenvalue weighted by Gasteiger charge is 2.25. The SMILES string of the molecule is O=C(Cc1cccc(Cl)c1)CC1CS(=O)(=O)CCN1. The molecule has 1 aromatic rings. The summed E-state index contributed by atoms with van der Waals surface area (Å²) in [5.41, 5.74) is 0.858. The molecule has 1 unspecified atom stereocenters. The predicted octanol–water partition coefficient (Wildman–Crippen LogP) is 1.23. The fraction of sp³-hybridized carbons (Fsp3) is 0.462. The third-order valence-corrected chi connectivity index (χ3v) is 5.04. The molecule has 0 aromatic heterocycles. The van der Waals surface area contributed by atoms with E-state index in [4.69, 9.17) is 11.6 Å². The topological polar surface area (TPSA) is 63.2 Å². The van der Waals surface area contributed by atoms with Crippen molar-refractivity contribution in [2.24, 2.45) is 0 Å². The van der Waals surface area contributed by atoms with Gasteiger partial charge >= 0.3 is 0 Å². The minimum atomic E-state index is -2.99. The Morgan fingerprint density at radius 1 is 1.42 bits per heavy atom. The Hall–Kier alpha value is -0.910. The van der Waals surface area contributed by atoms with Gasteiger partial charge in [0.1, 0.15) is 5.78 Å². The molecule has 4 nitrogen and oxygen atoms in total. The molecule has 0 saturated carbocycles. The smallest absolute Gasteiger partial charge is 0.153 e. The van der Waals surface area contributed by atoms with Crippen LogP contribution in [0.1, 0.15) is 12.0 Å². The van der Waals surface area contributed by atoms with E-state index < -0.39 is 9.84 Å². The predicted molar refractivity (Wildman–Crippen MR) is 75.2 cm³/mol. The van der Waals surface area contributed by atoms with Gasteiger partial charge in [0, 0.05) is 30.5 Å². The Labute approximate surface area is 118 Å². The van der Waals surface area contributed by atoms with Gasteiger partial charge in [-0.05, 0) is 17.7 Å². The Kier molecular flexibility index (Phi) is 4.60. The second kappa shape index (κ2) is 6.03. The quantitative estimate of drug-likeness (QED) is 0.908. The Morgan fingerprint density at radius 2 is 2.21 bits per heavy atom. The van der Waals surface area contributed by atoms with Crippen LogP contribution in [0.3, 0.4) is 0 Å². The van der Waals surface area contributed by atoms with Crippen molar-refractivity contribution in [1.82, 2.24) is 5.32 Å². The van der Waals surface area contributed by atoms with E-state index >= 15 is 0 Å². The van der Waals surface area contributed by atoms with Crippen molar-refractivity contribution in [1.29, 1.82) is 0 Å². The van der Waals surface area contributed by atoms with Gasteiger partial charge in [-0.2, -0.15) is 0 Å². The molecule has 1 atom stereocenters.